The van der Waals surface area contributed by atoms with E-state index < -0.39 is 0 Å². The van der Waals surface area contributed by atoms with Crippen molar-refractivity contribution in [1.82, 2.24) is 0 Å². The summed E-state index contributed by atoms with van der Waals surface area (Å²) >= 11 is 1.89. The molecule has 11 rings (SSSR count). The highest BCUT2D eigenvalue weighted by molar-refractivity contribution is 7.99. The van der Waals surface area contributed by atoms with Crippen molar-refractivity contribution in [3.8, 4) is 44.5 Å². The van der Waals surface area contributed by atoms with E-state index in [4.69, 9.17) is 0 Å². The molecule has 3 aliphatic rings. The standard InChI is InChI=1S/C45H26S/c1-2-11-29-25-40-36(24-28(29)10-1)33-14-4-7-17-38(33)45(40)37-16-6-3-13-32(37)34-23-21-30(26-39(34)45)31-22-20-27-12-9-19-42-43(27)44(31)35-15-5-8-18-41(35)46-42/h1-26H. The molecule has 46 heavy (non-hydrogen) atoms. The summed E-state index contributed by atoms with van der Waals surface area (Å²) in [6, 6.07) is 59.5. The smallest absolute Gasteiger partial charge is 0.0725 e. The molecule has 0 radical (unpaired) electrons. The van der Waals surface area contributed by atoms with Gasteiger partial charge < -0.3 is 0 Å². The van der Waals surface area contributed by atoms with Gasteiger partial charge in [-0.15, -0.1) is 0 Å². The van der Waals surface area contributed by atoms with E-state index in [1.54, 1.807) is 0 Å². The molecule has 1 heterocycles. The molecule has 0 N–H and O–H groups in total. The molecule has 212 valence electrons. The van der Waals surface area contributed by atoms with Crippen LogP contribution in [0.5, 0.6) is 0 Å². The van der Waals surface area contributed by atoms with E-state index in [0.717, 1.165) is 0 Å². The fourth-order valence-electron chi connectivity index (χ4n) is 8.82. The first kappa shape index (κ1) is 24.9. The number of hydrogen-bond acceptors (Lipinski definition) is 1. The Morgan fingerprint density at radius 3 is 1.76 bits per heavy atom. The maximum absolute atomic E-state index is 2.53. The highest BCUT2D eigenvalue weighted by Gasteiger charge is 2.51. The van der Waals surface area contributed by atoms with E-state index in [9.17, 15) is 0 Å². The van der Waals surface area contributed by atoms with Crippen LogP contribution in [0.4, 0.5) is 0 Å². The zero-order valence-electron chi connectivity index (χ0n) is 24.9. The molecule has 0 saturated heterocycles. The third kappa shape index (κ3) is 3.02. The molecule has 1 spiro atoms. The lowest BCUT2D eigenvalue weighted by Gasteiger charge is -2.31. The van der Waals surface area contributed by atoms with Gasteiger partial charge in [0.25, 0.3) is 0 Å². The first-order chi connectivity index (χ1) is 22.8. The van der Waals surface area contributed by atoms with Crippen molar-refractivity contribution in [3.05, 3.63) is 180 Å². The molecule has 0 fully saturated rings. The normalized spacial score (nSPS) is 16.3. The van der Waals surface area contributed by atoms with E-state index in [1.165, 1.54) is 98.1 Å². The monoisotopic (exact) mass is 598 g/mol. The SMILES string of the molecule is c1ccc2c(c1)Sc1cccc3ccc(-c4ccc5c(c4)C4(c6ccccc6-5)c5ccccc5-c5cc6ccccc6cc54)c-2c13. The molecule has 1 heteroatoms. The molecule has 0 saturated carbocycles. The molecule has 1 aliphatic heterocycles. The van der Waals surface area contributed by atoms with Gasteiger partial charge in [-0.2, -0.15) is 0 Å². The van der Waals surface area contributed by atoms with Gasteiger partial charge in [-0.1, -0.05) is 139 Å². The lowest BCUT2D eigenvalue weighted by molar-refractivity contribution is 0.795. The first-order valence-corrected chi connectivity index (χ1v) is 16.8. The Balaban J connectivity index is 1.26. The molecule has 8 aromatic carbocycles. The van der Waals surface area contributed by atoms with Crippen LogP contribution in [-0.2, 0) is 5.41 Å². The van der Waals surface area contributed by atoms with Crippen LogP contribution < -0.4 is 0 Å². The van der Waals surface area contributed by atoms with Gasteiger partial charge in [0.15, 0.2) is 0 Å². The molecule has 2 aliphatic carbocycles. The second-order valence-electron chi connectivity index (χ2n) is 12.8. The number of hydrogen-bond donors (Lipinski definition) is 0. The van der Waals surface area contributed by atoms with Gasteiger partial charge >= 0.3 is 0 Å². The molecule has 0 nitrogen and oxygen atoms in total. The minimum Gasteiger partial charge on any atom is -0.0888 e. The summed E-state index contributed by atoms with van der Waals surface area (Å²) < 4.78 is 0. The highest BCUT2D eigenvalue weighted by atomic mass is 32.2. The predicted octanol–water partition coefficient (Wildman–Crippen LogP) is 12.1. The average Bonchev–Trinajstić information content (AvgIpc) is 3.57. The van der Waals surface area contributed by atoms with Crippen LogP contribution in [0.15, 0.2) is 168 Å². The van der Waals surface area contributed by atoms with Gasteiger partial charge in [0.2, 0.25) is 0 Å². The average molecular weight is 599 g/mol. The Kier molecular flexibility index (Phi) is 4.80. The third-order valence-electron chi connectivity index (χ3n) is 10.7. The van der Waals surface area contributed by atoms with Crippen molar-refractivity contribution in [2.24, 2.45) is 0 Å². The second kappa shape index (κ2) is 8.88. The summed E-state index contributed by atoms with van der Waals surface area (Å²) in [5.41, 5.74) is 15.8. The second-order valence-corrected chi connectivity index (χ2v) is 13.9. The van der Waals surface area contributed by atoms with E-state index in [-0.39, 0.29) is 5.41 Å². The molecule has 0 amide bonds. The van der Waals surface area contributed by atoms with Crippen molar-refractivity contribution in [2.45, 2.75) is 15.2 Å². The molecule has 0 bridgehead atoms. The van der Waals surface area contributed by atoms with Crippen LogP contribution >= 0.6 is 11.8 Å². The van der Waals surface area contributed by atoms with Crippen LogP contribution in [0, 0.1) is 0 Å². The Bertz CT molecular complexity index is 2630. The van der Waals surface area contributed by atoms with Crippen molar-refractivity contribution in [1.29, 1.82) is 0 Å². The van der Waals surface area contributed by atoms with Crippen molar-refractivity contribution < 1.29 is 0 Å². The molecule has 8 aromatic rings. The van der Waals surface area contributed by atoms with Crippen LogP contribution in [0.1, 0.15) is 22.3 Å². The number of benzene rings is 8. The fraction of sp³-hybridized carbons (Fsp3) is 0.0222. The van der Waals surface area contributed by atoms with Crippen LogP contribution in [0.25, 0.3) is 66.1 Å². The van der Waals surface area contributed by atoms with Crippen molar-refractivity contribution >= 4 is 33.3 Å². The Morgan fingerprint density at radius 2 is 0.935 bits per heavy atom. The van der Waals surface area contributed by atoms with E-state index >= 15 is 0 Å². The summed E-state index contributed by atoms with van der Waals surface area (Å²) in [5.74, 6) is 0. The number of fused-ring (bicyclic) bond motifs is 13. The van der Waals surface area contributed by atoms with Gasteiger partial charge in [0, 0.05) is 15.2 Å². The van der Waals surface area contributed by atoms with E-state index in [1.807, 2.05) is 11.8 Å². The third-order valence-corrected chi connectivity index (χ3v) is 11.8. The summed E-state index contributed by atoms with van der Waals surface area (Å²) in [5, 5.41) is 5.24. The molecular formula is C45H26S. The molecule has 0 aromatic heterocycles. The van der Waals surface area contributed by atoms with Gasteiger partial charge in [0.1, 0.15) is 0 Å². The summed E-state index contributed by atoms with van der Waals surface area (Å²) in [4.78, 5) is 2.66. The fourth-order valence-corrected chi connectivity index (χ4v) is 9.95. The number of rotatable bonds is 1. The zero-order valence-corrected chi connectivity index (χ0v) is 25.7. The van der Waals surface area contributed by atoms with Crippen molar-refractivity contribution in [2.75, 3.05) is 0 Å². The highest BCUT2D eigenvalue weighted by Crippen LogP contribution is 2.64. The van der Waals surface area contributed by atoms with E-state index in [2.05, 4.69) is 158 Å². The van der Waals surface area contributed by atoms with Gasteiger partial charge in [-0.3, -0.25) is 0 Å². The zero-order chi connectivity index (χ0) is 30.0. The Hall–Kier alpha value is -5.37. The Morgan fingerprint density at radius 1 is 0.348 bits per heavy atom. The first-order valence-electron chi connectivity index (χ1n) is 16.0. The maximum Gasteiger partial charge on any atom is 0.0725 e. The largest absolute Gasteiger partial charge is 0.0888 e. The molecule has 1 unspecified atom stereocenters. The predicted molar refractivity (Wildman–Crippen MR) is 193 cm³/mol. The topological polar surface area (TPSA) is 0 Å². The lowest BCUT2D eigenvalue weighted by atomic mass is 9.70. The minimum absolute atomic E-state index is 0.384. The van der Waals surface area contributed by atoms with Gasteiger partial charge in [-0.05, 0) is 113 Å². The molecule has 1 atom stereocenters. The molecular weight excluding hydrogens is 573 g/mol. The van der Waals surface area contributed by atoms with Crippen molar-refractivity contribution in [3.63, 3.8) is 0 Å². The summed E-state index contributed by atoms with van der Waals surface area (Å²) in [6.45, 7) is 0. The van der Waals surface area contributed by atoms with Gasteiger partial charge in [0.05, 0.1) is 5.41 Å². The van der Waals surface area contributed by atoms with Crippen LogP contribution in [-0.4, -0.2) is 0 Å². The minimum atomic E-state index is -0.384. The van der Waals surface area contributed by atoms with Crippen LogP contribution in [0.2, 0.25) is 0 Å². The van der Waals surface area contributed by atoms with Crippen LogP contribution in [0.3, 0.4) is 0 Å². The summed E-state index contributed by atoms with van der Waals surface area (Å²) in [6.07, 6.45) is 0. The summed E-state index contributed by atoms with van der Waals surface area (Å²) in [7, 11) is 0. The quantitative estimate of drug-likeness (QED) is 0.181. The van der Waals surface area contributed by atoms with Gasteiger partial charge in [-0.25, -0.2) is 0 Å². The lowest BCUT2D eigenvalue weighted by Crippen LogP contribution is -2.25. The van der Waals surface area contributed by atoms with E-state index in [0.29, 0.717) is 0 Å². The maximum atomic E-state index is 2.53. The Labute approximate surface area is 272 Å².